The number of piperazine rings is 1. The molecule has 0 saturated carbocycles. The van der Waals surface area contributed by atoms with Crippen molar-refractivity contribution in [2.24, 2.45) is 0 Å². The Bertz CT molecular complexity index is 1030. The third-order valence-corrected chi connectivity index (χ3v) is 6.80. The standard InChI is InChI=1S/C21H24N4O5S/c1-30-21-8-6-19(7-9-21)23-11-13-24(14-12-23)31(28,29)16-20(25(27)17-26)5-4-18-3-2-10-22-15-18/h2-3,6-10,15,17,20,27H,11-14,16H2,1H3. The number of anilines is 1. The summed E-state index contributed by atoms with van der Waals surface area (Å²) in [5.41, 5.74) is 1.54. The number of sulfonamides is 1. The first-order valence-electron chi connectivity index (χ1n) is 9.64. The van der Waals surface area contributed by atoms with Crippen molar-refractivity contribution < 1.29 is 23.2 Å². The number of aromatic nitrogens is 1. The van der Waals surface area contributed by atoms with Crippen molar-refractivity contribution in [3.05, 3.63) is 54.4 Å². The molecule has 10 heteroatoms. The molecule has 1 aromatic heterocycles. The molecule has 0 bridgehead atoms. The fourth-order valence-corrected chi connectivity index (χ4v) is 4.75. The summed E-state index contributed by atoms with van der Waals surface area (Å²) in [6.07, 6.45) is 3.25. The monoisotopic (exact) mass is 444 g/mol. The maximum atomic E-state index is 12.9. The van der Waals surface area contributed by atoms with Crippen LogP contribution in [0.2, 0.25) is 0 Å². The minimum atomic E-state index is -3.75. The number of hydrogen-bond donors (Lipinski definition) is 1. The largest absolute Gasteiger partial charge is 0.497 e. The summed E-state index contributed by atoms with van der Waals surface area (Å²) in [5.74, 6) is 5.66. The third kappa shape index (κ3) is 5.95. The first-order valence-corrected chi connectivity index (χ1v) is 11.2. The second kappa shape index (κ2) is 10.3. The molecule has 1 N–H and O–H groups in total. The van der Waals surface area contributed by atoms with E-state index < -0.39 is 21.8 Å². The fraction of sp³-hybridized carbons (Fsp3) is 0.333. The predicted octanol–water partition coefficient (Wildman–Crippen LogP) is 0.810. The Balaban J connectivity index is 1.66. The van der Waals surface area contributed by atoms with Gasteiger partial charge in [-0.05, 0) is 36.4 Å². The van der Waals surface area contributed by atoms with Gasteiger partial charge in [0.2, 0.25) is 16.4 Å². The molecular weight excluding hydrogens is 420 g/mol. The predicted molar refractivity (Wildman–Crippen MR) is 115 cm³/mol. The van der Waals surface area contributed by atoms with E-state index in [1.807, 2.05) is 24.3 Å². The summed E-state index contributed by atoms with van der Waals surface area (Å²) < 4.78 is 32.4. The van der Waals surface area contributed by atoms with Crippen molar-refractivity contribution in [1.82, 2.24) is 14.4 Å². The number of amides is 1. The lowest BCUT2D eigenvalue weighted by molar-refractivity contribution is -0.153. The van der Waals surface area contributed by atoms with E-state index in [0.29, 0.717) is 31.7 Å². The van der Waals surface area contributed by atoms with Gasteiger partial charge in [-0.2, -0.15) is 4.31 Å². The lowest BCUT2D eigenvalue weighted by atomic mass is 10.2. The molecule has 2 heterocycles. The lowest BCUT2D eigenvalue weighted by Crippen LogP contribution is -2.51. The smallest absolute Gasteiger partial charge is 0.234 e. The van der Waals surface area contributed by atoms with E-state index >= 15 is 0 Å². The van der Waals surface area contributed by atoms with Gasteiger partial charge >= 0.3 is 0 Å². The zero-order valence-electron chi connectivity index (χ0n) is 17.1. The summed E-state index contributed by atoms with van der Waals surface area (Å²) in [6, 6.07) is 9.78. The van der Waals surface area contributed by atoms with Crippen LogP contribution in [0.5, 0.6) is 5.75 Å². The summed E-state index contributed by atoms with van der Waals surface area (Å²) in [5, 5.41) is 10.1. The quantitative estimate of drug-likeness (QED) is 0.292. The Labute approximate surface area is 181 Å². The Hall–Kier alpha value is -3.13. The molecule has 1 amide bonds. The van der Waals surface area contributed by atoms with Gasteiger partial charge in [-0.25, -0.2) is 13.5 Å². The fourth-order valence-electron chi connectivity index (χ4n) is 3.18. The second-order valence-electron chi connectivity index (χ2n) is 6.87. The number of nitrogens with zero attached hydrogens (tertiary/aromatic N) is 4. The molecule has 1 saturated heterocycles. The van der Waals surface area contributed by atoms with Crippen LogP contribution in [0.15, 0.2) is 48.8 Å². The van der Waals surface area contributed by atoms with E-state index in [-0.39, 0.29) is 11.5 Å². The number of hydroxylamine groups is 2. The van der Waals surface area contributed by atoms with E-state index in [1.165, 1.54) is 10.5 Å². The van der Waals surface area contributed by atoms with E-state index in [0.717, 1.165) is 11.4 Å². The Morgan fingerprint density at radius 2 is 1.94 bits per heavy atom. The molecule has 2 aromatic rings. The molecule has 3 rings (SSSR count). The average Bonchev–Trinajstić information content (AvgIpc) is 2.82. The van der Waals surface area contributed by atoms with Gasteiger partial charge in [0.05, 0.1) is 12.9 Å². The van der Waals surface area contributed by atoms with Gasteiger partial charge in [-0.3, -0.25) is 15.0 Å². The zero-order valence-corrected chi connectivity index (χ0v) is 17.9. The second-order valence-corrected chi connectivity index (χ2v) is 8.89. The molecule has 1 unspecified atom stereocenters. The summed E-state index contributed by atoms with van der Waals surface area (Å²) in [7, 11) is -2.15. The van der Waals surface area contributed by atoms with Gasteiger partial charge in [0.15, 0.2) is 0 Å². The number of benzene rings is 1. The van der Waals surface area contributed by atoms with Crippen LogP contribution in [0.3, 0.4) is 0 Å². The van der Waals surface area contributed by atoms with E-state index in [9.17, 15) is 18.4 Å². The Kier molecular flexibility index (Phi) is 7.46. The van der Waals surface area contributed by atoms with Crippen LogP contribution in [0.1, 0.15) is 5.56 Å². The van der Waals surface area contributed by atoms with E-state index in [4.69, 9.17) is 4.74 Å². The van der Waals surface area contributed by atoms with Gasteiger partial charge in [0, 0.05) is 49.8 Å². The lowest BCUT2D eigenvalue weighted by Gasteiger charge is -2.36. The van der Waals surface area contributed by atoms with Gasteiger partial charge in [0.25, 0.3) is 0 Å². The molecule has 9 nitrogen and oxygen atoms in total. The number of ether oxygens (including phenoxy) is 1. The molecule has 1 fully saturated rings. The normalized spacial score (nSPS) is 15.5. The minimum absolute atomic E-state index is 0.153. The molecule has 1 aliphatic rings. The first kappa shape index (κ1) is 22.6. The highest BCUT2D eigenvalue weighted by Gasteiger charge is 2.31. The van der Waals surface area contributed by atoms with Crippen LogP contribution in [0, 0.1) is 11.8 Å². The minimum Gasteiger partial charge on any atom is -0.497 e. The van der Waals surface area contributed by atoms with Gasteiger partial charge < -0.3 is 9.64 Å². The maximum absolute atomic E-state index is 12.9. The topological polar surface area (TPSA) is 103 Å². The number of rotatable bonds is 7. The Morgan fingerprint density at radius 1 is 1.23 bits per heavy atom. The third-order valence-electron chi connectivity index (χ3n) is 4.91. The van der Waals surface area contributed by atoms with Crippen molar-refractivity contribution >= 4 is 22.1 Å². The summed E-state index contributed by atoms with van der Waals surface area (Å²) in [4.78, 5) is 17.1. The van der Waals surface area contributed by atoms with Crippen LogP contribution in [-0.2, 0) is 14.8 Å². The molecule has 0 spiro atoms. The summed E-state index contributed by atoms with van der Waals surface area (Å²) >= 11 is 0. The highest BCUT2D eigenvalue weighted by atomic mass is 32.2. The van der Waals surface area contributed by atoms with Gasteiger partial charge in [-0.1, -0.05) is 11.8 Å². The van der Waals surface area contributed by atoms with Crippen molar-refractivity contribution in [3.63, 3.8) is 0 Å². The molecule has 0 aliphatic carbocycles. The van der Waals surface area contributed by atoms with Gasteiger partial charge in [0.1, 0.15) is 11.8 Å². The van der Waals surface area contributed by atoms with Crippen molar-refractivity contribution in [2.75, 3.05) is 43.9 Å². The Morgan fingerprint density at radius 3 is 2.52 bits per heavy atom. The molecule has 1 aliphatic heterocycles. The van der Waals surface area contributed by atoms with E-state index in [1.54, 1.807) is 25.4 Å². The average molecular weight is 445 g/mol. The molecular formula is C21H24N4O5S. The van der Waals surface area contributed by atoms with Crippen LogP contribution in [-0.4, -0.2) is 79.5 Å². The van der Waals surface area contributed by atoms with Crippen LogP contribution < -0.4 is 9.64 Å². The van der Waals surface area contributed by atoms with Crippen LogP contribution >= 0.6 is 0 Å². The number of hydrogen-bond acceptors (Lipinski definition) is 7. The van der Waals surface area contributed by atoms with Crippen molar-refractivity contribution in [2.45, 2.75) is 6.04 Å². The van der Waals surface area contributed by atoms with E-state index in [2.05, 4.69) is 21.7 Å². The molecule has 164 valence electrons. The van der Waals surface area contributed by atoms with Crippen LogP contribution in [0.25, 0.3) is 0 Å². The summed E-state index contributed by atoms with van der Waals surface area (Å²) in [6.45, 7) is 1.63. The number of carbonyl (C=O) groups is 1. The highest BCUT2D eigenvalue weighted by molar-refractivity contribution is 7.89. The number of carbonyl (C=O) groups excluding carboxylic acids is 1. The van der Waals surface area contributed by atoms with Crippen molar-refractivity contribution in [1.29, 1.82) is 0 Å². The highest BCUT2D eigenvalue weighted by Crippen LogP contribution is 2.21. The molecule has 0 radical (unpaired) electrons. The van der Waals surface area contributed by atoms with Crippen LogP contribution in [0.4, 0.5) is 5.69 Å². The molecule has 1 atom stereocenters. The zero-order chi connectivity index (χ0) is 22.3. The SMILES string of the molecule is COc1ccc(N2CCN(S(=O)(=O)CC(C#Cc3cccnc3)N(O)C=O)CC2)cc1. The number of pyridine rings is 1. The maximum Gasteiger partial charge on any atom is 0.234 e. The molecule has 1 aromatic carbocycles. The number of methoxy groups -OCH3 is 1. The van der Waals surface area contributed by atoms with Gasteiger partial charge in [-0.15, -0.1) is 0 Å². The van der Waals surface area contributed by atoms with Crippen molar-refractivity contribution in [3.8, 4) is 17.6 Å². The molecule has 31 heavy (non-hydrogen) atoms. The first-order chi connectivity index (χ1) is 14.9.